The lowest BCUT2D eigenvalue weighted by Crippen LogP contribution is -2.21. The van der Waals surface area contributed by atoms with Gasteiger partial charge in [0.15, 0.2) is 6.61 Å². The van der Waals surface area contributed by atoms with Gasteiger partial charge in [-0.2, -0.15) is 0 Å². The predicted molar refractivity (Wildman–Crippen MR) is 74.5 cm³/mol. The van der Waals surface area contributed by atoms with Crippen LogP contribution in [-0.4, -0.2) is 25.1 Å². The van der Waals surface area contributed by atoms with Crippen LogP contribution in [-0.2, 0) is 14.3 Å². The molecule has 5 heteroatoms. The van der Waals surface area contributed by atoms with E-state index in [0.29, 0.717) is 12.4 Å². The van der Waals surface area contributed by atoms with Crippen LogP contribution in [0.15, 0.2) is 24.3 Å². The molecule has 1 aliphatic rings. The minimum Gasteiger partial charge on any atom is -0.482 e. The molecule has 1 aromatic carbocycles. The molecule has 1 N–H and O–H groups in total. The smallest absolute Gasteiger partial charge is 0.344 e. The van der Waals surface area contributed by atoms with Gasteiger partial charge < -0.3 is 14.8 Å². The van der Waals surface area contributed by atoms with Gasteiger partial charge in [0.05, 0.1) is 6.61 Å². The summed E-state index contributed by atoms with van der Waals surface area (Å²) >= 11 is 0. The number of carbonyl (C=O) groups is 2. The van der Waals surface area contributed by atoms with Crippen LogP contribution in [0.4, 0.5) is 5.69 Å². The van der Waals surface area contributed by atoms with Gasteiger partial charge >= 0.3 is 5.97 Å². The van der Waals surface area contributed by atoms with E-state index in [1.165, 1.54) is 0 Å². The highest BCUT2D eigenvalue weighted by molar-refractivity contribution is 5.96. The van der Waals surface area contributed by atoms with Crippen molar-refractivity contribution in [3.05, 3.63) is 24.3 Å². The minimum absolute atomic E-state index is 0.0534. The fourth-order valence-electron chi connectivity index (χ4n) is 1.68. The van der Waals surface area contributed by atoms with Crippen molar-refractivity contribution in [3.8, 4) is 5.75 Å². The Morgan fingerprint density at radius 3 is 2.45 bits per heavy atom. The summed E-state index contributed by atoms with van der Waals surface area (Å²) in [5.41, 5.74) is 0.533. The van der Waals surface area contributed by atoms with Crippen molar-refractivity contribution in [2.24, 2.45) is 5.41 Å². The fourth-order valence-corrected chi connectivity index (χ4v) is 1.68. The number of hydrogen-bond acceptors (Lipinski definition) is 4. The molecule has 0 bridgehead atoms. The van der Waals surface area contributed by atoms with E-state index < -0.39 is 5.97 Å². The van der Waals surface area contributed by atoms with Crippen molar-refractivity contribution in [2.45, 2.75) is 26.7 Å². The van der Waals surface area contributed by atoms with Gasteiger partial charge in [0, 0.05) is 11.1 Å². The van der Waals surface area contributed by atoms with Gasteiger partial charge in [-0.3, -0.25) is 4.79 Å². The lowest BCUT2D eigenvalue weighted by Gasteiger charge is -2.10. The maximum Gasteiger partial charge on any atom is 0.344 e. The van der Waals surface area contributed by atoms with E-state index in [-0.39, 0.29) is 17.9 Å². The van der Waals surface area contributed by atoms with Gasteiger partial charge in [-0.05, 0) is 44.0 Å². The Hall–Kier alpha value is -2.04. The monoisotopic (exact) mass is 277 g/mol. The molecule has 2 rings (SSSR count). The molecular formula is C15H19NO4. The first-order chi connectivity index (χ1) is 9.53. The molecule has 0 aliphatic heterocycles. The Balaban J connectivity index is 1.83. The molecule has 0 spiro atoms. The zero-order chi connectivity index (χ0) is 14.6. The number of ether oxygens (including phenoxy) is 2. The summed E-state index contributed by atoms with van der Waals surface area (Å²) < 4.78 is 10.0. The Morgan fingerprint density at radius 1 is 1.25 bits per heavy atom. The molecule has 0 aromatic heterocycles. The predicted octanol–water partition coefficient (Wildman–Crippen LogP) is 2.37. The summed E-state index contributed by atoms with van der Waals surface area (Å²) in [6.45, 7) is 3.93. The normalized spacial score (nSPS) is 15.3. The summed E-state index contributed by atoms with van der Waals surface area (Å²) in [6, 6.07) is 6.93. The molecule has 1 amide bonds. The third-order valence-corrected chi connectivity index (χ3v) is 3.32. The van der Waals surface area contributed by atoms with E-state index in [9.17, 15) is 9.59 Å². The van der Waals surface area contributed by atoms with E-state index in [0.717, 1.165) is 18.5 Å². The maximum absolute atomic E-state index is 11.9. The zero-order valence-corrected chi connectivity index (χ0v) is 11.8. The number of rotatable bonds is 6. The summed E-state index contributed by atoms with van der Waals surface area (Å²) in [4.78, 5) is 23.0. The van der Waals surface area contributed by atoms with Crippen LogP contribution >= 0.6 is 0 Å². The summed E-state index contributed by atoms with van der Waals surface area (Å²) in [7, 11) is 0. The maximum atomic E-state index is 11.9. The number of benzene rings is 1. The number of esters is 1. The average molecular weight is 277 g/mol. The summed E-state index contributed by atoms with van der Waals surface area (Å²) in [5.74, 6) is 0.220. The molecule has 1 aromatic rings. The molecule has 1 aliphatic carbocycles. The van der Waals surface area contributed by atoms with E-state index >= 15 is 0 Å². The third-order valence-electron chi connectivity index (χ3n) is 3.32. The fraction of sp³-hybridized carbons (Fsp3) is 0.467. The summed E-state index contributed by atoms with van der Waals surface area (Å²) in [6.07, 6.45) is 1.89. The number of amides is 1. The quantitative estimate of drug-likeness (QED) is 0.811. The van der Waals surface area contributed by atoms with E-state index in [1.807, 2.05) is 6.92 Å². The zero-order valence-electron chi connectivity index (χ0n) is 11.8. The molecule has 0 unspecified atom stereocenters. The van der Waals surface area contributed by atoms with Crippen molar-refractivity contribution in [3.63, 3.8) is 0 Å². The van der Waals surface area contributed by atoms with Crippen LogP contribution in [0.1, 0.15) is 26.7 Å². The van der Waals surface area contributed by atoms with Crippen LogP contribution in [0.3, 0.4) is 0 Å². The van der Waals surface area contributed by atoms with Crippen LogP contribution in [0.25, 0.3) is 0 Å². The van der Waals surface area contributed by atoms with E-state index in [1.54, 1.807) is 31.2 Å². The van der Waals surface area contributed by atoms with Crippen LogP contribution in [0, 0.1) is 5.41 Å². The topological polar surface area (TPSA) is 64.6 Å². The molecule has 5 nitrogen and oxygen atoms in total. The second kappa shape index (κ2) is 5.94. The van der Waals surface area contributed by atoms with Crippen LogP contribution < -0.4 is 10.1 Å². The standard InChI is InChI=1S/C15H19NO4/c1-3-19-13(17)10-20-12-6-4-11(5-7-12)16-14(18)15(2)8-9-15/h4-7H,3,8-10H2,1-2H3,(H,16,18). The second-order valence-corrected chi connectivity index (χ2v) is 5.13. The average Bonchev–Trinajstić information content (AvgIpc) is 3.18. The minimum atomic E-state index is -0.397. The highest BCUT2D eigenvalue weighted by atomic mass is 16.6. The van der Waals surface area contributed by atoms with Crippen LogP contribution in [0.5, 0.6) is 5.75 Å². The van der Waals surface area contributed by atoms with Crippen molar-refractivity contribution < 1.29 is 19.1 Å². The summed E-state index contributed by atoms with van der Waals surface area (Å²) in [5, 5.41) is 2.87. The largest absolute Gasteiger partial charge is 0.482 e. The molecule has 1 saturated carbocycles. The lowest BCUT2D eigenvalue weighted by molar-refractivity contribution is -0.145. The SMILES string of the molecule is CCOC(=O)COc1ccc(NC(=O)C2(C)CC2)cc1. The Morgan fingerprint density at radius 2 is 1.90 bits per heavy atom. The van der Waals surface area contributed by atoms with E-state index in [2.05, 4.69) is 5.32 Å². The third kappa shape index (κ3) is 3.73. The molecule has 1 fully saturated rings. The Bertz CT molecular complexity index is 491. The first kappa shape index (κ1) is 14.4. The number of anilines is 1. The Kier molecular flexibility index (Phi) is 4.27. The number of hydrogen-bond donors (Lipinski definition) is 1. The van der Waals surface area contributed by atoms with E-state index in [4.69, 9.17) is 9.47 Å². The van der Waals surface area contributed by atoms with Gasteiger partial charge in [-0.25, -0.2) is 4.79 Å². The van der Waals surface area contributed by atoms with Crippen molar-refractivity contribution in [1.82, 2.24) is 0 Å². The highest BCUT2D eigenvalue weighted by Crippen LogP contribution is 2.45. The molecule has 0 atom stereocenters. The molecule has 0 radical (unpaired) electrons. The molecule has 108 valence electrons. The second-order valence-electron chi connectivity index (χ2n) is 5.13. The van der Waals surface area contributed by atoms with Gasteiger partial charge in [0.1, 0.15) is 5.75 Å². The molecule has 0 saturated heterocycles. The van der Waals surface area contributed by atoms with Gasteiger partial charge in [0.25, 0.3) is 0 Å². The van der Waals surface area contributed by atoms with Gasteiger partial charge in [-0.15, -0.1) is 0 Å². The first-order valence-corrected chi connectivity index (χ1v) is 6.73. The molecular weight excluding hydrogens is 258 g/mol. The first-order valence-electron chi connectivity index (χ1n) is 6.73. The molecule has 0 heterocycles. The lowest BCUT2D eigenvalue weighted by atomic mass is 10.1. The van der Waals surface area contributed by atoms with Crippen LogP contribution in [0.2, 0.25) is 0 Å². The molecule has 20 heavy (non-hydrogen) atoms. The Labute approximate surface area is 118 Å². The van der Waals surface area contributed by atoms with Crippen molar-refractivity contribution in [2.75, 3.05) is 18.5 Å². The van der Waals surface area contributed by atoms with Gasteiger partial charge in [0.2, 0.25) is 5.91 Å². The number of nitrogens with one attached hydrogen (secondary N) is 1. The van der Waals surface area contributed by atoms with Crippen molar-refractivity contribution >= 4 is 17.6 Å². The van der Waals surface area contributed by atoms with Gasteiger partial charge in [-0.1, -0.05) is 6.92 Å². The van der Waals surface area contributed by atoms with Crippen molar-refractivity contribution in [1.29, 1.82) is 0 Å². The highest BCUT2D eigenvalue weighted by Gasteiger charge is 2.44. The number of carbonyl (C=O) groups excluding carboxylic acids is 2.